The third-order valence-electron chi connectivity index (χ3n) is 6.10. The zero-order valence-corrected chi connectivity index (χ0v) is 23.3. The van der Waals surface area contributed by atoms with Crippen molar-refractivity contribution in [3.63, 3.8) is 0 Å². The predicted octanol–water partition coefficient (Wildman–Crippen LogP) is 9.09. The Kier molecular flexibility index (Phi) is 13.9. The van der Waals surface area contributed by atoms with Gasteiger partial charge in [0.2, 0.25) is 0 Å². The third kappa shape index (κ3) is 11.0. The first-order chi connectivity index (χ1) is 17.5. The minimum absolute atomic E-state index is 0.124. The average Bonchev–Trinajstić information content (AvgIpc) is 2.87. The van der Waals surface area contributed by atoms with Crippen LogP contribution < -0.4 is 0 Å². The van der Waals surface area contributed by atoms with E-state index in [1.54, 1.807) is 0 Å². The number of aliphatic carboxylic acids is 1. The number of aliphatic hydroxyl groups is 1. The summed E-state index contributed by atoms with van der Waals surface area (Å²) in [5.74, 6) is -1.39. The van der Waals surface area contributed by atoms with Gasteiger partial charge in [-0.05, 0) is 93.0 Å². The van der Waals surface area contributed by atoms with Gasteiger partial charge < -0.3 is 10.2 Å². The molecular weight excluding hydrogens is 465 g/mol. The van der Waals surface area contributed by atoms with Gasteiger partial charge >= 0.3 is 5.97 Å². The van der Waals surface area contributed by atoms with E-state index in [4.69, 9.17) is 4.99 Å². The maximum atomic E-state index is 12.3. The number of benzene rings is 2. The standard InChI is InChI=1S/C23H31NO3.C9H11F/c1-7-15(3)13-21(25)19(23(26)27)14-18(6)22(16(4)8-2)24-20-12-10-9-11-17(20)5;1-2-3-8-4-6-9(10)7-5-8/h9-14,16,25H,7-8H2,1-6H3,(H,26,27);4-7H,2-3H2,1H3/b15-13?,18-14+,21-19-,24-22?;/t16-;/m1./s1. The van der Waals surface area contributed by atoms with E-state index in [0.717, 1.165) is 53.8 Å². The van der Waals surface area contributed by atoms with Crippen molar-refractivity contribution in [1.82, 2.24) is 0 Å². The van der Waals surface area contributed by atoms with Crippen molar-refractivity contribution in [3.05, 3.63) is 100 Å². The minimum Gasteiger partial charge on any atom is -0.507 e. The molecule has 0 saturated carbocycles. The second kappa shape index (κ2) is 16.3. The molecule has 0 amide bonds. The maximum absolute atomic E-state index is 12.3. The Hall–Kier alpha value is -3.47. The summed E-state index contributed by atoms with van der Waals surface area (Å²) in [6.07, 6.45) is 6.80. The number of carboxylic acid groups (broad SMARTS) is 1. The van der Waals surface area contributed by atoms with Crippen LogP contribution in [0.3, 0.4) is 0 Å². The SMILES string of the molecule is CCC(C)=C/C(O)=C(\C=C(/C)C(=Nc1ccccc1C)[C@H](C)CC)C(=O)O.CCCc1ccc(F)cc1. The Morgan fingerprint density at radius 3 is 2.14 bits per heavy atom. The molecule has 4 nitrogen and oxygen atoms in total. The Morgan fingerprint density at radius 2 is 1.62 bits per heavy atom. The summed E-state index contributed by atoms with van der Waals surface area (Å²) in [4.78, 5) is 16.5. The summed E-state index contributed by atoms with van der Waals surface area (Å²) >= 11 is 0. The first-order valence-corrected chi connectivity index (χ1v) is 12.9. The number of aliphatic imine (C=N–C) groups is 1. The summed E-state index contributed by atoms with van der Waals surface area (Å²) in [5.41, 5.74) is 5.49. The van der Waals surface area contributed by atoms with Crippen LogP contribution in [-0.4, -0.2) is 21.9 Å². The van der Waals surface area contributed by atoms with E-state index in [-0.39, 0.29) is 23.1 Å². The van der Waals surface area contributed by atoms with Gasteiger partial charge in [0, 0.05) is 5.71 Å². The second-order valence-electron chi connectivity index (χ2n) is 9.24. The van der Waals surface area contributed by atoms with Crippen molar-refractivity contribution in [3.8, 4) is 0 Å². The normalized spacial score (nSPS) is 13.9. The zero-order valence-electron chi connectivity index (χ0n) is 23.3. The van der Waals surface area contributed by atoms with Gasteiger partial charge in [0.1, 0.15) is 17.1 Å². The van der Waals surface area contributed by atoms with Gasteiger partial charge in [-0.25, -0.2) is 9.18 Å². The lowest BCUT2D eigenvalue weighted by Gasteiger charge is -2.15. The van der Waals surface area contributed by atoms with Crippen molar-refractivity contribution in [2.75, 3.05) is 0 Å². The molecule has 37 heavy (non-hydrogen) atoms. The highest BCUT2D eigenvalue weighted by Crippen LogP contribution is 2.23. The maximum Gasteiger partial charge on any atom is 0.339 e. The number of hydrogen-bond acceptors (Lipinski definition) is 3. The first kappa shape index (κ1) is 31.6. The summed E-state index contributed by atoms with van der Waals surface area (Å²) in [6.45, 7) is 13.9. The van der Waals surface area contributed by atoms with E-state index in [1.165, 1.54) is 29.8 Å². The number of para-hydroxylation sites is 1. The highest BCUT2D eigenvalue weighted by atomic mass is 19.1. The van der Waals surface area contributed by atoms with Crippen LogP contribution in [0.15, 0.2) is 88.2 Å². The van der Waals surface area contributed by atoms with E-state index >= 15 is 0 Å². The lowest BCUT2D eigenvalue weighted by molar-refractivity contribution is -0.132. The number of rotatable bonds is 10. The van der Waals surface area contributed by atoms with E-state index in [2.05, 4.69) is 20.8 Å². The lowest BCUT2D eigenvalue weighted by Crippen LogP contribution is -2.13. The number of aryl methyl sites for hydroxylation is 2. The molecule has 0 fully saturated rings. The van der Waals surface area contributed by atoms with Crippen LogP contribution in [0.25, 0.3) is 0 Å². The minimum atomic E-state index is -1.16. The quantitative estimate of drug-likeness (QED) is 0.146. The highest BCUT2D eigenvalue weighted by molar-refractivity contribution is 6.05. The van der Waals surface area contributed by atoms with Crippen molar-refractivity contribution in [1.29, 1.82) is 0 Å². The van der Waals surface area contributed by atoms with Crippen LogP contribution in [-0.2, 0) is 11.2 Å². The Bertz CT molecular complexity index is 1140. The van der Waals surface area contributed by atoms with Crippen LogP contribution in [0.5, 0.6) is 0 Å². The van der Waals surface area contributed by atoms with Crippen LogP contribution in [0.1, 0.15) is 71.9 Å². The summed E-state index contributed by atoms with van der Waals surface area (Å²) in [6, 6.07) is 14.5. The molecular formula is C32H42FNO3. The molecule has 0 bridgehead atoms. The van der Waals surface area contributed by atoms with E-state index in [9.17, 15) is 19.4 Å². The summed E-state index contributed by atoms with van der Waals surface area (Å²) in [5, 5.41) is 19.8. The van der Waals surface area contributed by atoms with Crippen LogP contribution in [0.2, 0.25) is 0 Å². The molecule has 0 aromatic heterocycles. The van der Waals surface area contributed by atoms with Crippen LogP contribution in [0.4, 0.5) is 10.1 Å². The van der Waals surface area contributed by atoms with Crippen LogP contribution in [0, 0.1) is 18.7 Å². The van der Waals surface area contributed by atoms with Crippen molar-refractivity contribution in [2.24, 2.45) is 10.9 Å². The molecule has 2 rings (SSSR count). The molecule has 2 aromatic carbocycles. The number of carbonyl (C=O) groups is 1. The molecule has 0 aliphatic carbocycles. The average molecular weight is 508 g/mol. The third-order valence-corrected chi connectivity index (χ3v) is 6.10. The molecule has 0 unspecified atom stereocenters. The molecule has 2 N–H and O–H groups in total. The van der Waals surface area contributed by atoms with E-state index in [0.29, 0.717) is 0 Å². The molecule has 1 atom stereocenters. The van der Waals surface area contributed by atoms with Gasteiger partial charge in [-0.1, -0.05) is 70.0 Å². The number of allylic oxidation sites excluding steroid dienone is 3. The van der Waals surface area contributed by atoms with Crippen molar-refractivity contribution >= 4 is 17.4 Å². The van der Waals surface area contributed by atoms with Gasteiger partial charge in [0.25, 0.3) is 0 Å². The second-order valence-corrected chi connectivity index (χ2v) is 9.24. The molecule has 0 spiro atoms. The van der Waals surface area contributed by atoms with Gasteiger partial charge in [0.05, 0.1) is 5.69 Å². The zero-order chi connectivity index (χ0) is 28.0. The van der Waals surface area contributed by atoms with E-state index < -0.39 is 5.97 Å². The lowest BCUT2D eigenvalue weighted by atomic mass is 9.94. The fraction of sp³-hybridized carbons (Fsp3) is 0.375. The topological polar surface area (TPSA) is 69.9 Å². The van der Waals surface area contributed by atoms with Crippen molar-refractivity contribution < 1.29 is 19.4 Å². The Morgan fingerprint density at radius 1 is 1.00 bits per heavy atom. The summed E-state index contributed by atoms with van der Waals surface area (Å²) < 4.78 is 12.3. The van der Waals surface area contributed by atoms with Gasteiger partial charge in [-0.3, -0.25) is 4.99 Å². The summed E-state index contributed by atoms with van der Waals surface area (Å²) in [7, 11) is 0. The Balaban J connectivity index is 0.000000568. The fourth-order valence-corrected chi connectivity index (χ4v) is 3.49. The van der Waals surface area contributed by atoms with Gasteiger partial charge in [-0.15, -0.1) is 0 Å². The highest BCUT2D eigenvalue weighted by Gasteiger charge is 2.16. The number of aliphatic hydroxyl groups excluding tert-OH is 1. The number of halogens is 1. The molecule has 200 valence electrons. The number of carboxylic acids is 1. The van der Waals surface area contributed by atoms with Gasteiger partial charge in [-0.2, -0.15) is 0 Å². The van der Waals surface area contributed by atoms with E-state index in [1.807, 2.05) is 64.1 Å². The molecule has 0 aliphatic rings. The fourth-order valence-electron chi connectivity index (χ4n) is 3.49. The molecule has 0 aliphatic heterocycles. The number of nitrogens with zero attached hydrogens (tertiary/aromatic N) is 1. The first-order valence-electron chi connectivity index (χ1n) is 12.9. The largest absolute Gasteiger partial charge is 0.507 e. The van der Waals surface area contributed by atoms with Gasteiger partial charge in [0.15, 0.2) is 0 Å². The molecule has 0 saturated heterocycles. The monoisotopic (exact) mass is 507 g/mol. The smallest absolute Gasteiger partial charge is 0.339 e. The molecule has 5 heteroatoms. The molecule has 0 radical (unpaired) electrons. The molecule has 0 heterocycles. The van der Waals surface area contributed by atoms with Crippen LogP contribution >= 0.6 is 0 Å². The van der Waals surface area contributed by atoms with Crippen molar-refractivity contribution in [2.45, 2.75) is 74.1 Å². The predicted molar refractivity (Wildman–Crippen MR) is 153 cm³/mol. The molecule has 2 aromatic rings. The number of hydrogen-bond donors (Lipinski definition) is 2. The Labute approximate surface area is 222 Å².